The highest BCUT2D eigenvalue weighted by atomic mass is 35.5. The molecule has 1 saturated heterocycles. The number of hydrogen-bond donors (Lipinski definition) is 1. The fourth-order valence-electron chi connectivity index (χ4n) is 2.70. The maximum atomic E-state index is 6.17. The average Bonchev–Trinajstić information content (AvgIpc) is 2.79. The topological polar surface area (TPSA) is 31.4 Å². The second-order valence-corrected chi connectivity index (χ2v) is 5.82. The minimum absolute atomic E-state index is 0.561. The number of hydrogen-bond acceptors (Lipinski definition) is 4. The molecule has 0 saturated carbocycles. The molecule has 2 heterocycles. The van der Waals surface area contributed by atoms with E-state index in [1.807, 2.05) is 7.05 Å². The van der Waals surface area contributed by atoms with E-state index < -0.39 is 0 Å². The molecule has 1 unspecified atom stereocenters. The molecular weight excluding hydrogens is 260 g/mol. The van der Waals surface area contributed by atoms with Crippen molar-refractivity contribution in [1.29, 1.82) is 0 Å². The minimum atomic E-state index is 0.561. The highest BCUT2D eigenvalue weighted by Gasteiger charge is 2.26. The molecule has 1 aliphatic heterocycles. The Morgan fingerprint density at radius 2 is 2.32 bits per heavy atom. The van der Waals surface area contributed by atoms with Gasteiger partial charge in [-0.2, -0.15) is 0 Å². The molecule has 1 aliphatic rings. The lowest BCUT2D eigenvalue weighted by atomic mass is 10.2. The van der Waals surface area contributed by atoms with Crippen molar-refractivity contribution < 1.29 is 0 Å². The molecule has 19 heavy (non-hydrogen) atoms. The summed E-state index contributed by atoms with van der Waals surface area (Å²) < 4.78 is 0. The molecule has 0 spiro atoms. The van der Waals surface area contributed by atoms with Crippen molar-refractivity contribution in [3.63, 3.8) is 0 Å². The molecule has 0 radical (unpaired) electrons. The van der Waals surface area contributed by atoms with E-state index in [9.17, 15) is 0 Å². The van der Waals surface area contributed by atoms with Crippen molar-refractivity contribution in [3.05, 3.63) is 22.8 Å². The number of nitrogens with one attached hydrogen (secondary N) is 1. The molecular formula is C14H23ClN4. The van der Waals surface area contributed by atoms with Crippen LogP contribution in [0.25, 0.3) is 0 Å². The number of pyridine rings is 1. The second-order valence-electron chi connectivity index (χ2n) is 5.42. The van der Waals surface area contributed by atoms with E-state index >= 15 is 0 Å². The van der Waals surface area contributed by atoms with Gasteiger partial charge < -0.3 is 15.1 Å². The maximum Gasteiger partial charge on any atom is 0.129 e. The third-order valence-electron chi connectivity index (χ3n) is 3.53. The second kappa shape index (κ2) is 6.55. The van der Waals surface area contributed by atoms with Crippen LogP contribution in [0.5, 0.6) is 0 Å². The molecule has 4 nitrogen and oxygen atoms in total. The van der Waals surface area contributed by atoms with E-state index in [4.69, 9.17) is 11.6 Å². The van der Waals surface area contributed by atoms with Crippen LogP contribution in [0.4, 0.5) is 5.82 Å². The van der Waals surface area contributed by atoms with E-state index in [-0.39, 0.29) is 0 Å². The molecule has 1 N–H and O–H groups in total. The fraction of sp³-hybridized carbons (Fsp3) is 0.643. The van der Waals surface area contributed by atoms with Gasteiger partial charge in [-0.25, -0.2) is 4.98 Å². The van der Waals surface area contributed by atoms with Gasteiger partial charge in [0.1, 0.15) is 5.82 Å². The van der Waals surface area contributed by atoms with Crippen LogP contribution in [0.3, 0.4) is 0 Å². The summed E-state index contributed by atoms with van der Waals surface area (Å²) in [5.41, 5.74) is 1.12. The van der Waals surface area contributed by atoms with Gasteiger partial charge in [0.05, 0.1) is 5.02 Å². The molecule has 5 heteroatoms. The molecule has 0 amide bonds. The molecule has 2 rings (SSSR count). The zero-order valence-corrected chi connectivity index (χ0v) is 12.7. The lowest BCUT2D eigenvalue weighted by molar-refractivity contribution is 0.371. The fourth-order valence-corrected chi connectivity index (χ4v) is 2.87. The smallest absolute Gasteiger partial charge is 0.129 e. The van der Waals surface area contributed by atoms with Crippen LogP contribution >= 0.6 is 11.6 Å². The zero-order chi connectivity index (χ0) is 13.8. The number of nitrogens with zero attached hydrogens (tertiary/aromatic N) is 3. The predicted molar refractivity (Wildman–Crippen MR) is 80.9 cm³/mol. The first-order valence-corrected chi connectivity index (χ1v) is 7.20. The minimum Gasteiger partial charge on any atom is -0.352 e. The van der Waals surface area contributed by atoms with Gasteiger partial charge >= 0.3 is 0 Å². The summed E-state index contributed by atoms with van der Waals surface area (Å²) in [6, 6.07) is 2.68. The lowest BCUT2D eigenvalue weighted by Gasteiger charge is -2.28. The Kier molecular flexibility index (Phi) is 5.02. The Morgan fingerprint density at radius 3 is 3.00 bits per heavy atom. The molecule has 1 atom stereocenters. The SMILES string of the molecule is CNCc1cc(N2CCCC2CN(C)C)ncc1Cl. The maximum absolute atomic E-state index is 6.17. The van der Waals surface area contributed by atoms with E-state index in [2.05, 4.69) is 40.3 Å². The number of halogens is 1. The van der Waals surface area contributed by atoms with Crippen LogP contribution in [0.2, 0.25) is 5.02 Å². The van der Waals surface area contributed by atoms with Crippen LogP contribution in [0.15, 0.2) is 12.3 Å². The van der Waals surface area contributed by atoms with Gasteiger partial charge in [0.2, 0.25) is 0 Å². The number of rotatable bonds is 5. The van der Waals surface area contributed by atoms with E-state index in [0.717, 1.165) is 36.0 Å². The number of anilines is 1. The van der Waals surface area contributed by atoms with Crippen LogP contribution < -0.4 is 10.2 Å². The lowest BCUT2D eigenvalue weighted by Crippen LogP contribution is -2.38. The number of aromatic nitrogens is 1. The van der Waals surface area contributed by atoms with Crippen molar-refractivity contribution in [2.24, 2.45) is 0 Å². The van der Waals surface area contributed by atoms with Crippen molar-refractivity contribution in [3.8, 4) is 0 Å². The first kappa shape index (κ1) is 14.6. The molecule has 0 bridgehead atoms. The number of likely N-dealkylation sites (N-methyl/N-ethyl adjacent to an activating group) is 1. The molecule has 106 valence electrons. The quantitative estimate of drug-likeness (QED) is 0.895. The van der Waals surface area contributed by atoms with E-state index in [1.54, 1.807) is 6.20 Å². The normalized spacial score (nSPS) is 19.4. The Hall–Kier alpha value is -0.840. The van der Waals surface area contributed by atoms with Gasteiger partial charge in [-0.1, -0.05) is 11.6 Å². The summed E-state index contributed by atoms with van der Waals surface area (Å²) in [5.74, 6) is 1.05. The van der Waals surface area contributed by atoms with Crippen LogP contribution in [0, 0.1) is 0 Å². The highest BCUT2D eigenvalue weighted by Crippen LogP contribution is 2.27. The third-order valence-corrected chi connectivity index (χ3v) is 3.88. The molecule has 1 aromatic heterocycles. The van der Waals surface area contributed by atoms with Crippen LogP contribution in [-0.4, -0.2) is 50.2 Å². The average molecular weight is 283 g/mol. The molecule has 0 aliphatic carbocycles. The van der Waals surface area contributed by atoms with Crippen LogP contribution in [0.1, 0.15) is 18.4 Å². The van der Waals surface area contributed by atoms with Gasteiger partial charge in [-0.15, -0.1) is 0 Å². The first-order valence-electron chi connectivity index (χ1n) is 6.82. The summed E-state index contributed by atoms with van der Waals surface area (Å²) in [5, 5.41) is 3.88. The van der Waals surface area contributed by atoms with Crippen LogP contribution in [-0.2, 0) is 6.54 Å². The summed E-state index contributed by atoms with van der Waals surface area (Å²) >= 11 is 6.17. The highest BCUT2D eigenvalue weighted by molar-refractivity contribution is 6.31. The van der Waals surface area contributed by atoms with Gasteiger partial charge in [-0.05, 0) is 45.6 Å². The van der Waals surface area contributed by atoms with Gasteiger partial charge in [0, 0.05) is 31.9 Å². The first-order chi connectivity index (χ1) is 9.11. The molecule has 1 fully saturated rings. The Morgan fingerprint density at radius 1 is 1.53 bits per heavy atom. The van der Waals surface area contributed by atoms with Crippen molar-refractivity contribution in [2.45, 2.75) is 25.4 Å². The van der Waals surface area contributed by atoms with Crippen molar-refractivity contribution >= 4 is 17.4 Å². The Labute approximate surface area is 120 Å². The Balaban J connectivity index is 2.18. The standard InChI is InChI=1S/C14H23ClN4/c1-16-8-11-7-14(17-9-13(11)15)19-6-4-5-12(19)10-18(2)3/h7,9,12,16H,4-6,8,10H2,1-3H3. The van der Waals surface area contributed by atoms with Crippen molar-refractivity contribution in [1.82, 2.24) is 15.2 Å². The van der Waals surface area contributed by atoms with Crippen molar-refractivity contribution in [2.75, 3.05) is 39.1 Å². The summed E-state index contributed by atoms with van der Waals surface area (Å²) in [7, 11) is 6.18. The van der Waals surface area contributed by atoms with E-state index in [0.29, 0.717) is 6.04 Å². The summed E-state index contributed by atoms with van der Waals surface area (Å²) in [6.07, 6.45) is 4.25. The predicted octanol–water partition coefficient (Wildman–Crippen LogP) is 1.98. The van der Waals surface area contributed by atoms with Gasteiger partial charge in [-0.3, -0.25) is 0 Å². The van der Waals surface area contributed by atoms with Gasteiger partial charge in [0.25, 0.3) is 0 Å². The Bertz CT molecular complexity index is 422. The van der Waals surface area contributed by atoms with E-state index in [1.165, 1.54) is 12.8 Å². The third kappa shape index (κ3) is 3.59. The van der Waals surface area contributed by atoms with Gasteiger partial charge in [0.15, 0.2) is 0 Å². The largest absolute Gasteiger partial charge is 0.352 e. The zero-order valence-electron chi connectivity index (χ0n) is 12.0. The summed E-state index contributed by atoms with van der Waals surface area (Å²) in [6.45, 7) is 2.94. The monoisotopic (exact) mass is 282 g/mol. The summed E-state index contributed by atoms with van der Waals surface area (Å²) in [4.78, 5) is 9.16. The molecule has 1 aromatic rings. The molecule has 0 aromatic carbocycles.